The average molecular weight is 363 g/mol. The quantitative estimate of drug-likeness (QED) is 0.700. The molecule has 26 heavy (non-hydrogen) atoms. The second-order valence-electron chi connectivity index (χ2n) is 6.19. The van der Waals surface area contributed by atoms with Crippen LogP contribution in [0.5, 0.6) is 0 Å². The number of fused-ring (bicyclic) bond motifs is 1. The van der Waals surface area contributed by atoms with Gasteiger partial charge in [-0.1, -0.05) is 30.3 Å². The number of halogens is 3. The van der Waals surface area contributed by atoms with Crippen LogP contribution in [0.4, 0.5) is 19.0 Å². The first-order valence-corrected chi connectivity index (χ1v) is 8.14. The molecule has 3 aromatic rings. The standard InChI is InChI=1S/C17H16F3N5O/c1-11-8-24(13(9-26-11)12-5-3-2-4-6-12)15-7-14(17(18,19)20)23-16-21-10-22-25(15)16/h2-7,10-11,13H,8-9H2,1H3/t11-,13-/m0/s1. The van der Waals surface area contributed by atoms with Crippen molar-refractivity contribution in [3.8, 4) is 0 Å². The average Bonchev–Trinajstić information content (AvgIpc) is 3.09. The second-order valence-corrected chi connectivity index (χ2v) is 6.19. The molecule has 0 saturated carbocycles. The summed E-state index contributed by atoms with van der Waals surface area (Å²) in [6, 6.07) is 10.3. The van der Waals surface area contributed by atoms with Gasteiger partial charge < -0.3 is 9.64 Å². The van der Waals surface area contributed by atoms with Gasteiger partial charge in [-0.2, -0.15) is 27.8 Å². The fourth-order valence-electron chi connectivity index (χ4n) is 3.15. The smallest absolute Gasteiger partial charge is 0.374 e. The highest BCUT2D eigenvalue weighted by molar-refractivity contribution is 5.50. The molecule has 1 aromatic carbocycles. The molecule has 0 aliphatic carbocycles. The van der Waals surface area contributed by atoms with Gasteiger partial charge in [0.25, 0.3) is 5.78 Å². The lowest BCUT2D eigenvalue weighted by atomic mass is 10.0. The molecule has 0 amide bonds. The minimum atomic E-state index is -4.57. The Hall–Kier alpha value is -2.68. The molecule has 6 nitrogen and oxygen atoms in total. The highest BCUT2D eigenvalue weighted by Crippen LogP contribution is 2.35. The van der Waals surface area contributed by atoms with Gasteiger partial charge >= 0.3 is 6.18 Å². The van der Waals surface area contributed by atoms with Crippen molar-refractivity contribution in [2.45, 2.75) is 25.2 Å². The summed E-state index contributed by atoms with van der Waals surface area (Å²) in [6.45, 7) is 2.68. The molecule has 1 fully saturated rings. The van der Waals surface area contributed by atoms with E-state index in [1.165, 1.54) is 10.8 Å². The van der Waals surface area contributed by atoms with E-state index >= 15 is 0 Å². The molecule has 0 bridgehead atoms. The first kappa shape index (κ1) is 16.8. The van der Waals surface area contributed by atoms with Gasteiger partial charge in [-0.15, -0.1) is 0 Å². The van der Waals surface area contributed by atoms with Crippen LogP contribution in [0.1, 0.15) is 24.2 Å². The molecule has 2 atom stereocenters. The van der Waals surface area contributed by atoms with Gasteiger partial charge in [-0.05, 0) is 12.5 Å². The van der Waals surface area contributed by atoms with Gasteiger partial charge in [0.15, 0.2) is 5.69 Å². The van der Waals surface area contributed by atoms with Gasteiger partial charge in [0.05, 0.1) is 18.8 Å². The minimum absolute atomic E-state index is 0.0826. The van der Waals surface area contributed by atoms with Crippen molar-refractivity contribution in [1.29, 1.82) is 0 Å². The van der Waals surface area contributed by atoms with E-state index in [0.29, 0.717) is 19.0 Å². The largest absolute Gasteiger partial charge is 0.433 e. The van der Waals surface area contributed by atoms with Crippen LogP contribution in [0, 0.1) is 0 Å². The molecule has 0 unspecified atom stereocenters. The third-order valence-electron chi connectivity index (χ3n) is 4.37. The van der Waals surface area contributed by atoms with E-state index in [-0.39, 0.29) is 17.9 Å². The Balaban J connectivity index is 1.86. The van der Waals surface area contributed by atoms with Crippen molar-refractivity contribution in [3.63, 3.8) is 0 Å². The zero-order valence-electron chi connectivity index (χ0n) is 13.9. The molecule has 3 heterocycles. The van der Waals surface area contributed by atoms with Crippen molar-refractivity contribution in [3.05, 3.63) is 54.0 Å². The summed E-state index contributed by atoms with van der Waals surface area (Å²) in [5.41, 5.74) is -0.0306. The van der Waals surface area contributed by atoms with Crippen molar-refractivity contribution in [1.82, 2.24) is 19.6 Å². The van der Waals surface area contributed by atoms with E-state index in [2.05, 4.69) is 15.1 Å². The van der Waals surface area contributed by atoms with Crippen molar-refractivity contribution >= 4 is 11.6 Å². The summed E-state index contributed by atoms with van der Waals surface area (Å²) >= 11 is 0. The monoisotopic (exact) mass is 363 g/mol. The van der Waals surface area contributed by atoms with Crippen LogP contribution < -0.4 is 4.90 Å². The summed E-state index contributed by atoms with van der Waals surface area (Å²) in [6.07, 6.45) is -3.49. The number of anilines is 1. The van der Waals surface area contributed by atoms with E-state index in [1.54, 1.807) is 0 Å². The Bertz CT molecular complexity index is 912. The third kappa shape index (κ3) is 2.98. The van der Waals surface area contributed by atoms with Crippen molar-refractivity contribution < 1.29 is 17.9 Å². The lowest BCUT2D eigenvalue weighted by molar-refractivity contribution is -0.141. The summed E-state index contributed by atoms with van der Waals surface area (Å²) in [4.78, 5) is 9.31. The van der Waals surface area contributed by atoms with Crippen LogP contribution in [-0.4, -0.2) is 38.8 Å². The summed E-state index contributed by atoms with van der Waals surface area (Å²) < 4.78 is 47.0. The van der Waals surface area contributed by atoms with Gasteiger partial charge in [-0.3, -0.25) is 0 Å². The molecular weight excluding hydrogens is 347 g/mol. The minimum Gasteiger partial charge on any atom is -0.374 e. The molecule has 0 N–H and O–H groups in total. The molecule has 2 aromatic heterocycles. The SMILES string of the molecule is C[C@H]1CN(c2cc(C(F)(F)F)nc3ncnn23)[C@H](c2ccccc2)CO1. The molecular formula is C17H16F3N5O. The summed E-state index contributed by atoms with van der Waals surface area (Å²) in [5, 5.41) is 4.06. The summed E-state index contributed by atoms with van der Waals surface area (Å²) in [7, 11) is 0. The topological polar surface area (TPSA) is 55.6 Å². The van der Waals surface area contributed by atoms with Crippen LogP contribution in [0.25, 0.3) is 5.78 Å². The Morgan fingerprint density at radius 1 is 1.19 bits per heavy atom. The maximum Gasteiger partial charge on any atom is 0.433 e. The van der Waals surface area contributed by atoms with Gasteiger partial charge in [0, 0.05) is 12.6 Å². The Kier molecular flexibility index (Phi) is 4.03. The first-order valence-electron chi connectivity index (χ1n) is 8.14. The normalized spacial score (nSPS) is 21.3. The molecule has 136 valence electrons. The number of aromatic nitrogens is 4. The van der Waals surface area contributed by atoms with Crippen molar-refractivity contribution in [2.24, 2.45) is 0 Å². The Morgan fingerprint density at radius 3 is 2.69 bits per heavy atom. The zero-order chi connectivity index (χ0) is 18.3. The lowest BCUT2D eigenvalue weighted by Crippen LogP contribution is -2.44. The van der Waals surface area contributed by atoms with Crippen LogP contribution in [0.15, 0.2) is 42.7 Å². The van der Waals surface area contributed by atoms with Crippen LogP contribution >= 0.6 is 0 Å². The maximum atomic E-state index is 13.3. The lowest BCUT2D eigenvalue weighted by Gasteiger charge is -2.40. The van der Waals surface area contributed by atoms with Gasteiger partial charge in [0.2, 0.25) is 0 Å². The van der Waals surface area contributed by atoms with Gasteiger partial charge in [0.1, 0.15) is 12.1 Å². The Morgan fingerprint density at radius 2 is 1.96 bits per heavy atom. The number of alkyl halides is 3. The van der Waals surface area contributed by atoms with Crippen LogP contribution in [0.2, 0.25) is 0 Å². The molecule has 1 aliphatic heterocycles. The number of ether oxygens (including phenoxy) is 1. The number of morpholine rings is 1. The van der Waals surface area contributed by atoms with E-state index in [4.69, 9.17) is 4.74 Å². The fourth-order valence-corrected chi connectivity index (χ4v) is 3.15. The van der Waals surface area contributed by atoms with Gasteiger partial charge in [-0.25, -0.2) is 4.98 Å². The highest BCUT2D eigenvalue weighted by atomic mass is 19.4. The molecule has 9 heteroatoms. The zero-order valence-corrected chi connectivity index (χ0v) is 13.9. The first-order chi connectivity index (χ1) is 12.4. The predicted octanol–water partition coefficient (Wildman–Crippen LogP) is 3.11. The van der Waals surface area contributed by atoms with E-state index in [0.717, 1.165) is 11.6 Å². The molecule has 0 spiro atoms. The second kappa shape index (κ2) is 6.24. The van der Waals surface area contributed by atoms with E-state index in [1.807, 2.05) is 42.2 Å². The van der Waals surface area contributed by atoms with Crippen molar-refractivity contribution in [2.75, 3.05) is 18.1 Å². The van der Waals surface area contributed by atoms with E-state index in [9.17, 15) is 13.2 Å². The highest BCUT2D eigenvalue weighted by Gasteiger charge is 2.36. The van der Waals surface area contributed by atoms with E-state index < -0.39 is 11.9 Å². The third-order valence-corrected chi connectivity index (χ3v) is 4.37. The fraction of sp³-hybridized carbons (Fsp3) is 0.353. The number of hydrogen-bond donors (Lipinski definition) is 0. The Labute approximate surface area is 147 Å². The van der Waals surface area contributed by atoms with Crippen LogP contribution in [0.3, 0.4) is 0 Å². The summed E-state index contributed by atoms with van der Waals surface area (Å²) in [5.74, 6) is 0.213. The maximum absolute atomic E-state index is 13.3. The number of hydrogen-bond acceptors (Lipinski definition) is 5. The van der Waals surface area contributed by atoms with Crippen LogP contribution in [-0.2, 0) is 10.9 Å². The molecule has 1 saturated heterocycles. The molecule has 1 aliphatic rings. The number of rotatable bonds is 2. The molecule has 0 radical (unpaired) electrons. The number of nitrogens with zero attached hydrogens (tertiary/aromatic N) is 5. The molecule has 4 rings (SSSR count). The number of benzene rings is 1. The predicted molar refractivity (Wildman–Crippen MR) is 87.7 cm³/mol.